The Morgan fingerprint density at radius 3 is 2.89 bits per heavy atom. The highest BCUT2D eigenvalue weighted by Crippen LogP contribution is 2.29. The Bertz CT molecular complexity index is 972. The Morgan fingerprint density at radius 1 is 1.25 bits per heavy atom. The molecule has 1 aliphatic rings. The standard InChI is InChI=1S/C21H23N5OS/c1-14-6-7-15(2)17(11-14)18-13-28-21(24-18)25-19(27)16-5-3-10-26(12-16)20-22-8-4-9-23-20/h4,6-9,11,13,16H,3,5,10,12H2,1-2H3,(H,24,25,27). The topological polar surface area (TPSA) is 71.0 Å². The fourth-order valence-electron chi connectivity index (χ4n) is 3.50. The number of hydrogen-bond acceptors (Lipinski definition) is 6. The highest BCUT2D eigenvalue weighted by atomic mass is 32.1. The van der Waals surface area contributed by atoms with Crippen LogP contribution in [0.2, 0.25) is 0 Å². The van der Waals surface area contributed by atoms with Crippen molar-refractivity contribution in [3.05, 3.63) is 53.2 Å². The van der Waals surface area contributed by atoms with Crippen molar-refractivity contribution < 1.29 is 4.79 Å². The number of nitrogens with zero attached hydrogens (tertiary/aromatic N) is 4. The van der Waals surface area contributed by atoms with Gasteiger partial charge >= 0.3 is 0 Å². The van der Waals surface area contributed by atoms with E-state index in [0.29, 0.717) is 17.6 Å². The maximum atomic E-state index is 12.8. The lowest BCUT2D eigenvalue weighted by Gasteiger charge is -2.31. The second-order valence-electron chi connectivity index (χ2n) is 7.18. The Kier molecular flexibility index (Phi) is 5.34. The Morgan fingerprint density at radius 2 is 2.07 bits per heavy atom. The molecule has 1 saturated heterocycles. The van der Waals surface area contributed by atoms with Gasteiger partial charge in [0, 0.05) is 36.4 Å². The third kappa shape index (κ3) is 4.04. The van der Waals surface area contributed by atoms with E-state index in [2.05, 4.69) is 57.2 Å². The summed E-state index contributed by atoms with van der Waals surface area (Å²) in [5.41, 5.74) is 4.40. The number of carbonyl (C=O) groups excluding carboxylic acids is 1. The first-order valence-corrected chi connectivity index (χ1v) is 10.3. The number of aryl methyl sites for hydroxylation is 2. The monoisotopic (exact) mass is 393 g/mol. The number of benzene rings is 1. The van der Waals surface area contributed by atoms with Gasteiger partial charge in [0.25, 0.3) is 0 Å². The molecule has 1 atom stereocenters. The van der Waals surface area contributed by atoms with Gasteiger partial charge in [-0.05, 0) is 44.4 Å². The van der Waals surface area contributed by atoms with Crippen LogP contribution in [0, 0.1) is 19.8 Å². The smallest absolute Gasteiger partial charge is 0.231 e. The predicted molar refractivity (Wildman–Crippen MR) is 113 cm³/mol. The molecule has 4 rings (SSSR count). The van der Waals surface area contributed by atoms with Crippen molar-refractivity contribution in [1.29, 1.82) is 0 Å². The summed E-state index contributed by atoms with van der Waals surface area (Å²) in [5.74, 6) is 0.611. The van der Waals surface area contributed by atoms with E-state index in [9.17, 15) is 4.79 Å². The maximum Gasteiger partial charge on any atom is 0.231 e. The molecule has 0 spiro atoms. The van der Waals surface area contributed by atoms with Gasteiger partial charge in [0.2, 0.25) is 11.9 Å². The van der Waals surface area contributed by atoms with Crippen LogP contribution >= 0.6 is 11.3 Å². The van der Waals surface area contributed by atoms with Crippen LogP contribution in [0.5, 0.6) is 0 Å². The second kappa shape index (κ2) is 8.06. The van der Waals surface area contributed by atoms with Crippen molar-refractivity contribution in [2.24, 2.45) is 5.92 Å². The third-order valence-corrected chi connectivity index (χ3v) is 5.79. The average Bonchev–Trinajstić information content (AvgIpc) is 3.19. The summed E-state index contributed by atoms with van der Waals surface area (Å²) in [7, 11) is 0. The molecule has 3 aromatic rings. The lowest BCUT2D eigenvalue weighted by Crippen LogP contribution is -2.41. The lowest BCUT2D eigenvalue weighted by atomic mass is 9.97. The van der Waals surface area contributed by atoms with Crippen molar-refractivity contribution in [3.8, 4) is 11.3 Å². The molecular weight excluding hydrogens is 370 g/mol. The molecule has 144 valence electrons. The summed E-state index contributed by atoms with van der Waals surface area (Å²) in [6, 6.07) is 8.13. The fraction of sp³-hybridized carbons (Fsp3) is 0.333. The first-order chi connectivity index (χ1) is 13.6. The van der Waals surface area contributed by atoms with Crippen LogP contribution in [0.25, 0.3) is 11.3 Å². The molecule has 0 aliphatic carbocycles. The minimum Gasteiger partial charge on any atom is -0.340 e. The molecule has 0 saturated carbocycles. The summed E-state index contributed by atoms with van der Waals surface area (Å²) in [4.78, 5) is 28.1. The molecule has 7 heteroatoms. The molecule has 1 aliphatic heterocycles. The number of rotatable bonds is 4. The molecular formula is C21H23N5OS. The minimum atomic E-state index is -0.0920. The molecule has 6 nitrogen and oxygen atoms in total. The van der Waals surface area contributed by atoms with E-state index < -0.39 is 0 Å². The summed E-state index contributed by atoms with van der Waals surface area (Å²) in [6.45, 7) is 5.66. The van der Waals surface area contributed by atoms with Crippen molar-refractivity contribution in [2.75, 3.05) is 23.3 Å². The molecule has 1 aromatic carbocycles. The normalized spacial score (nSPS) is 16.8. The van der Waals surface area contributed by atoms with Crippen LogP contribution in [0.3, 0.4) is 0 Å². The molecule has 2 aromatic heterocycles. The summed E-state index contributed by atoms with van der Waals surface area (Å²) >= 11 is 1.47. The van der Waals surface area contributed by atoms with Crippen LogP contribution in [0.15, 0.2) is 42.0 Å². The van der Waals surface area contributed by atoms with Gasteiger partial charge in [-0.3, -0.25) is 4.79 Å². The lowest BCUT2D eigenvalue weighted by molar-refractivity contribution is -0.120. The number of thiazole rings is 1. The van der Waals surface area contributed by atoms with Crippen molar-refractivity contribution in [1.82, 2.24) is 15.0 Å². The van der Waals surface area contributed by atoms with Crippen LogP contribution < -0.4 is 10.2 Å². The van der Waals surface area contributed by atoms with Crippen LogP contribution in [-0.4, -0.2) is 33.9 Å². The largest absolute Gasteiger partial charge is 0.340 e. The van der Waals surface area contributed by atoms with Crippen molar-refractivity contribution in [2.45, 2.75) is 26.7 Å². The number of nitrogens with one attached hydrogen (secondary N) is 1. The van der Waals surface area contributed by atoms with E-state index in [4.69, 9.17) is 0 Å². The second-order valence-corrected chi connectivity index (χ2v) is 8.04. The average molecular weight is 394 g/mol. The van der Waals surface area contributed by atoms with Crippen LogP contribution in [-0.2, 0) is 4.79 Å². The van der Waals surface area contributed by atoms with Crippen molar-refractivity contribution in [3.63, 3.8) is 0 Å². The first-order valence-electron chi connectivity index (χ1n) is 9.46. The number of anilines is 2. The van der Waals surface area contributed by atoms with E-state index >= 15 is 0 Å². The summed E-state index contributed by atoms with van der Waals surface area (Å²) < 4.78 is 0. The van der Waals surface area contributed by atoms with Crippen molar-refractivity contribution >= 4 is 28.3 Å². The molecule has 0 radical (unpaired) electrons. The van der Waals surface area contributed by atoms with E-state index in [1.54, 1.807) is 18.5 Å². The zero-order chi connectivity index (χ0) is 19.5. The highest BCUT2D eigenvalue weighted by Gasteiger charge is 2.27. The Hall–Kier alpha value is -2.80. The molecule has 0 bridgehead atoms. The minimum absolute atomic E-state index is 0.0162. The number of hydrogen-bond donors (Lipinski definition) is 1. The quantitative estimate of drug-likeness (QED) is 0.723. The number of carbonyl (C=O) groups is 1. The van der Waals surface area contributed by atoms with E-state index in [1.165, 1.54) is 22.5 Å². The molecule has 1 N–H and O–H groups in total. The van der Waals surface area contributed by atoms with Gasteiger partial charge in [0.05, 0.1) is 11.6 Å². The number of amides is 1. The maximum absolute atomic E-state index is 12.8. The summed E-state index contributed by atoms with van der Waals surface area (Å²) in [5, 5.41) is 5.66. The zero-order valence-electron chi connectivity index (χ0n) is 16.1. The van der Waals surface area contributed by atoms with Gasteiger partial charge in [-0.25, -0.2) is 15.0 Å². The zero-order valence-corrected chi connectivity index (χ0v) is 16.9. The number of piperidine rings is 1. The van der Waals surface area contributed by atoms with Crippen LogP contribution in [0.4, 0.5) is 11.1 Å². The van der Waals surface area contributed by atoms with Gasteiger partial charge in [-0.1, -0.05) is 17.7 Å². The molecule has 3 heterocycles. The van der Waals surface area contributed by atoms with E-state index in [1.807, 2.05) is 5.38 Å². The fourth-order valence-corrected chi connectivity index (χ4v) is 4.21. The van der Waals surface area contributed by atoms with Gasteiger partial charge in [-0.15, -0.1) is 11.3 Å². The third-order valence-electron chi connectivity index (χ3n) is 5.03. The van der Waals surface area contributed by atoms with Gasteiger partial charge in [-0.2, -0.15) is 0 Å². The first kappa shape index (κ1) is 18.6. The van der Waals surface area contributed by atoms with Gasteiger partial charge in [0.1, 0.15) is 0 Å². The Balaban J connectivity index is 1.44. The number of aromatic nitrogens is 3. The van der Waals surface area contributed by atoms with Crippen LogP contribution in [0.1, 0.15) is 24.0 Å². The molecule has 28 heavy (non-hydrogen) atoms. The molecule has 1 fully saturated rings. The summed E-state index contributed by atoms with van der Waals surface area (Å²) in [6.07, 6.45) is 5.28. The molecule has 1 unspecified atom stereocenters. The highest BCUT2D eigenvalue weighted by molar-refractivity contribution is 7.14. The molecule has 1 amide bonds. The Labute approximate surface area is 168 Å². The van der Waals surface area contributed by atoms with Gasteiger partial charge < -0.3 is 10.2 Å². The predicted octanol–water partition coefficient (Wildman–Crippen LogP) is 4.07. The van der Waals surface area contributed by atoms with E-state index in [-0.39, 0.29) is 11.8 Å². The SMILES string of the molecule is Cc1ccc(C)c(-c2csc(NC(=O)C3CCCN(c4ncccn4)C3)n2)c1. The van der Waals surface area contributed by atoms with Gasteiger partial charge in [0.15, 0.2) is 5.13 Å². The van der Waals surface area contributed by atoms with E-state index in [0.717, 1.165) is 30.6 Å².